The summed E-state index contributed by atoms with van der Waals surface area (Å²) < 4.78 is 5.28. The molecule has 2 aliphatic heterocycles. The molecule has 0 aromatic heterocycles. The number of hydrogen-bond donors (Lipinski definition) is 3. The lowest BCUT2D eigenvalue weighted by Crippen LogP contribution is -2.80. The van der Waals surface area contributed by atoms with Crippen molar-refractivity contribution in [2.24, 2.45) is 11.8 Å². The highest BCUT2D eigenvalue weighted by Gasteiger charge is 2.79. The van der Waals surface area contributed by atoms with Gasteiger partial charge in [0.25, 0.3) is 0 Å². The quantitative estimate of drug-likeness (QED) is 0.497. The van der Waals surface area contributed by atoms with Crippen LogP contribution in [0.1, 0.15) is 32.6 Å². The van der Waals surface area contributed by atoms with Gasteiger partial charge < -0.3 is 20.3 Å². The van der Waals surface area contributed by atoms with Crippen LogP contribution >= 0.6 is 0 Å². The second kappa shape index (κ2) is 4.81. The molecule has 2 saturated heterocycles. The molecule has 3 aliphatic rings. The van der Waals surface area contributed by atoms with Gasteiger partial charge in [0, 0.05) is 12.5 Å². The van der Waals surface area contributed by atoms with E-state index in [-0.39, 0.29) is 24.9 Å². The molecule has 1 amide bonds. The Balaban J connectivity index is 1.94. The van der Waals surface area contributed by atoms with Crippen LogP contribution < -0.4 is 5.32 Å². The van der Waals surface area contributed by atoms with Crippen molar-refractivity contribution in [3.63, 3.8) is 0 Å². The van der Waals surface area contributed by atoms with Crippen LogP contribution in [0.4, 0.5) is 0 Å². The van der Waals surface area contributed by atoms with Gasteiger partial charge in [0.15, 0.2) is 5.60 Å². The summed E-state index contributed by atoms with van der Waals surface area (Å²) >= 11 is 0. The zero-order chi connectivity index (χ0) is 15.3. The van der Waals surface area contributed by atoms with Crippen molar-refractivity contribution in [3.8, 4) is 0 Å². The van der Waals surface area contributed by atoms with Crippen LogP contribution in [0.15, 0.2) is 12.2 Å². The summed E-state index contributed by atoms with van der Waals surface area (Å²) in [4.78, 5) is 24.3. The minimum atomic E-state index is -1.38. The van der Waals surface area contributed by atoms with Crippen LogP contribution in [0, 0.1) is 11.8 Å². The number of carbonyl (C=O) groups excluding carboxylic acids is 2. The second-order valence-corrected chi connectivity index (χ2v) is 6.33. The fourth-order valence-electron chi connectivity index (χ4n) is 4.01. The molecular formula is C15H21NO5. The van der Waals surface area contributed by atoms with Crippen molar-refractivity contribution in [2.75, 3.05) is 6.61 Å². The van der Waals surface area contributed by atoms with Gasteiger partial charge in [-0.15, -0.1) is 0 Å². The van der Waals surface area contributed by atoms with Crippen LogP contribution in [0.2, 0.25) is 0 Å². The molecule has 116 valence electrons. The Morgan fingerprint density at radius 3 is 2.86 bits per heavy atom. The number of allylic oxidation sites excluding steroid dienone is 1. The molecule has 1 aliphatic carbocycles. The summed E-state index contributed by atoms with van der Waals surface area (Å²) in [5, 5.41) is 22.6. The molecule has 0 spiro atoms. The van der Waals surface area contributed by atoms with Crippen LogP contribution in [0.25, 0.3) is 0 Å². The summed E-state index contributed by atoms with van der Waals surface area (Å²) in [6.45, 7) is 1.50. The third-order valence-electron chi connectivity index (χ3n) is 5.27. The van der Waals surface area contributed by atoms with Crippen molar-refractivity contribution < 1.29 is 24.5 Å². The van der Waals surface area contributed by atoms with Crippen molar-refractivity contribution in [3.05, 3.63) is 12.2 Å². The SMILES string of the molecule is C[C@@]12OC(=O)[C@@]1([C@@H](O)[C@@H]1C=CCCC1)NC(=O)[C@@H]2CCO. The topological polar surface area (TPSA) is 95.9 Å². The van der Waals surface area contributed by atoms with Crippen LogP contribution in [-0.4, -0.2) is 45.9 Å². The molecular weight excluding hydrogens is 274 g/mol. The second-order valence-electron chi connectivity index (χ2n) is 6.33. The first-order valence-electron chi connectivity index (χ1n) is 7.48. The molecule has 0 aromatic rings. The summed E-state index contributed by atoms with van der Waals surface area (Å²) in [6, 6.07) is 0. The Morgan fingerprint density at radius 1 is 1.52 bits per heavy atom. The zero-order valence-electron chi connectivity index (χ0n) is 12.0. The monoisotopic (exact) mass is 295 g/mol. The molecule has 3 rings (SSSR count). The number of ether oxygens (including phenoxy) is 1. The number of aliphatic hydroxyl groups is 2. The van der Waals surface area contributed by atoms with E-state index in [2.05, 4.69) is 5.32 Å². The molecule has 6 nitrogen and oxygen atoms in total. The molecule has 5 atom stereocenters. The van der Waals surface area contributed by atoms with Gasteiger partial charge in [-0.2, -0.15) is 0 Å². The van der Waals surface area contributed by atoms with E-state index >= 15 is 0 Å². The zero-order valence-corrected chi connectivity index (χ0v) is 12.0. The molecule has 6 heteroatoms. The number of carbonyl (C=O) groups is 2. The van der Waals surface area contributed by atoms with E-state index in [1.54, 1.807) is 6.92 Å². The van der Waals surface area contributed by atoms with Gasteiger partial charge in [0.2, 0.25) is 11.4 Å². The number of fused-ring (bicyclic) bond motifs is 1. The molecule has 0 bridgehead atoms. The first-order valence-corrected chi connectivity index (χ1v) is 7.48. The molecule has 21 heavy (non-hydrogen) atoms. The Morgan fingerprint density at radius 2 is 2.29 bits per heavy atom. The third kappa shape index (κ3) is 1.72. The molecule has 3 N–H and O–H groups in total. The van der Waals surface area contributed by atoms with E-state index in [9.17, 15) is 14.7 Å². The van der Waals surface area contributed by atoms with Gasteiger partial charge in [-0.3, -0.25) is 4.79 Å². The lowest BCUT2D eigenvalue weighted by molar-refractivity contribution is -0.238. The molecule has 0 saturated carbocycles. The number of aliphatic hydroxyl groups excluding tert-OH is 2. The van der Waals surface area contributed by atoms with Crippen molar-refractivity contribution in [2.45, 2.75) is 49.9 Å². The molecule has 2 fully saturated rings. The van der Waals surface area contributed by atoms with Crippen LogP contribution in [-0.2, 0) is 14.3 Å². The maximum absolute atomic E-state index is 12.2. The highest BCUT2D eigenvalue weighted by atomic mass is 16.6. The fraction of sp³-hybridized carbons (Fsp3) is 0.733. The first-order chi connectivity index (χ1) is 9.97. The van der Waals surface area contributed by atoms with Crippen molar-refractivity contribution in [1.82, 2.24) is 5.32 Å². The normalized spacial score (nSPS) is 42.8. The van der Waals surface area contributed by atoms with E-state index in [4.69, 9.17) is 9.84 Å². The van der Waals surface area contributed by atoms with Gasteiger partial charge in [-0.25, -0.2) is 4.79 Å². The van der Waals surface area contributed by atoms with Gasteiger partial charge in [-0.1, -0.05) is 12.2 Å². The maximum Gasteiger partial charge on any atom is 0.339 e. The Labute approximate surface area is 123 Å². The largest absolute Gasteiger partial charge is 0.453 e. The number of hydrogen-bond acceptors (Lipinski definition) is 5. The smallest absolute Gasteiger partial charge is 0.339 e. The molecule has 0 unspecified atom stereocenters. The minimum absolute atomic E-state index is 0.166. The van der Waals surface area contributed by atoms with Crippen LogP contribution in [0.5, 0.6) is 0 Å². The highest BCUT2D eigenvalue weighted by Crippen LogP contribution is 2.53. The highest BCUT2D eigenvalue weighted by molar-refractivity contribution is 6.01. The Kier molecular flexibility index (Phi) is 3.33. The predicted octanol–water partition coefficient (Wildman–Crippen LogP) is -0.114. The van der Waals surface area contributed by atoms with Crippen LogP contribution in [0.3, 0.4) is 0 Å². The average Bonchev–Trinajstić information content (AvgIpc) is 2.65. The van der Waals surface area contributed by atoms with E-state index < -0.39 is 29.1 Å². The molecule has 0 aromatic carbocycles. The summed E-state index contributed by atoms with van der Waals surface area (Å²) in [7, 11) is 0. The lowest BCUT2D eigenvalue weighted by Gasteiger charge is -2.54. The minimum Gasteiger partial charge on any atom is -0.453 e. The van der Waals surface area contributed by atoms with Gasteiger partial charge >= 0.3 is 5.97 Å². The lowest BCUT2D eigenvalue weighted by atomic mass is 9.64. The maximum atomic E-state index is 12.2. The number of rotatable bonds is 4. The Hall–Kier alpha value is -1.40. The van der Waals surface area contributed by atoms with E-state index in [0.29, 0.717) is 0 Å². The number of nitrogens with one attached hydrogen (secondary N) is 1. The predicted molar refractivity (Wildman–Crippen MR) is 73.1 cm³/mol. The molecule has 0 radical (unpaired) electrons. The van der Waals surface area contributed by atoms with Gasteiger partial charge in [-0.05, 0) is 32.6 Å². The standard InChI is InChI=1S/C15H21NO5/c1-14-10(7-8-17)12(19)16-15(14,13(20)21-14)11(18)9-5-3-2-4-6-9/h3,5,9-11,17-18H,2,4,6-8H2,1H3,(H,16,19)/t9-,10+,11+,14+,15-/m1/s1. The average molecular weight is 295 g/mol. The number of esters is 1. The summed E-state index contributed by atoms with van der Waals surface area (Å²) in [6.07, 6.45) is 5.82. The van der Waals surface area contributed by atoms with Crippen molar-refractivity contribution in [1.29, 1.82) is 0 Å². The summed E-state index contributed by atoms with van der Waals surface area (Å²) in [5.74, 6) is -1.71. The first kappa shape index (κ1) is 14.5. The Bertz CT molecular complexity index is 504. The third-order valence-corrected chi connectivity index (χ3v) is 5.27. The molecule has 2 heterocycles. The van der Waals surface area contributed by atoms with E-state index in [1.807, 2.05) is 12.2 Å². The van der Waals surface area contributed by atoms with E-state index in [0.717, 1.165) is 19.3 Å². The van der Waals surface area contributed by atoms with Gasteiger partial charge in [0.1, 0.15) is 0 Å². The van der Waals surface area contributed by atoms with E-state index in [1.165, 1.54) is 0 Å². The number of amides is 1. The van der Waals surface area contributed by atoms with Crippen molar-refractivity contribution >= 4 is 11.9 Å². The van der Waals surface area contributed by atoms with Gasteiger partial charge in [0.05, 0.1) is 12.0 Å². The summed E-state index contributed by atoms with van der Waals surface area (Å²) in [5.41, 5.74) is -2.47. The fourth-order valence-corrected chi connectivity index (χ4v) is 4.01.